The van der Waals surface area contributed by atoms with E-state index in [0.717, 1.165) is 23.9 Å². The van der Waals surface area contributed by atoms with E-state index in [1.807, 2.05) is 13.1 Å². The highest BCUT2D eigenvalue weighted by atomic mass is 19.1. The Bertz CT molecular complexity index is 380. The maximum Gasteiger partial charge on any atom is 0.123 e. The Morgan fingerprint density at radius 2 is 2.12 bits per heavy atom. The Morgan fingerprint density at radius 1 is 1.41 bits per heavy atom. The lowest BCUT2D eigenvalue weighted by atomic mass is 9.56. The van der Waals surface area contributed by atoms with Crippen LogP contribution in [0.1, 0.15) is 32.3 Å². The molecular formula is C15H22FN. The lowest BCUT2D eigenvalue weighted by Crippen LogP contribution is -2.49. The first-order valence-corrected chi connectivity index (χ1v) is 6.48. The highest BCUT2D eigenvalue weighted by molar-refractivity contribution is 5.30. The maximum atomic E-state index is 13.3. The number of rotatable bonds is 4. The summed E-state index contributed by atoms with van der Waals surface area (Å²) < 4.78 is 13.3. The van der Waals surface area contributed by atoms with Crippen LogP contribution in [-0.2, 0) is 5.41 Å². The van der Waals surface area contributed by atoms with Gasteiger partial charge in [-0.2, -0.15) is 0 Å². The molecule has 0 radical (unpaired) electrons. The van der Waals surface area contributed by atoms with Crippen LogP contribution in [0.2, 0.25) is 0 Å². The normalized spacial score (nSPS) is 28.2. The van der Waals surface area contributed by atoms with Crippen molar-refractivity contribution in [1.82, 2.24) is 5.32 Å². The van der Waals surface area contributed by atoms with Crippen molar-refractivity contribution in [3.05, 3.63) is 35.6 Å². The summed E-state index contributed by atoms with van der Waals surface area (Å²) in [5.74, 6) is 1.39. The van der Waals surface area contributed by atoms with Crippen LogP contribution in [0.4, 0.5) is 4.39 Å². The van der Waals surface area contributed by atoms with Crippen molar-refractivity contribution in [2.24, 2.45) is 11.8 Å². The van der Waals surface area contributed by atoms with Crippen molar-refractivity contribution >= 4 is 0 Å². The predicted octanol–water partition coefficient (Wildman–Crippen LogP) is 3.35. The van der Waals surface area contributed by atoms with E-state index >= 15 is 0 Å². The third kappa shape index (κ3) is 2.37. The molecule has 0 aliphatic heterocycles. The van der Waals surface area contributed by atoms with E-state index in [1.54, 1.807) is 6.07 Å². The fourth-order valence-electron chi connectivity index (χ4n) is 3.05. The summed E-state index contributed by atoms with van der Waals surface area (Å²) in [4.78, 5) is 0. The molecule has 2 heteroatoms. The van der Waals surface area contributed by atoms with Crippen molar-refractivity contribution in [2.75, 3.05) is 13.6 Å². The summed E-state index contributed by atoms with van der Waals surface area (Å²) in [6, 6.07) is 7.12. The quantitative estimate of drug-likeness (QED) is 0.844. The summed E-state index contributed by atoms with van der Waals surface area (Å²) in [7, 11) is 1.98. The maximum absolute atomic E-state index is 13.3. The van der Waals surface area contributed by atoms with Gasteiger partial charge in [-0.1, -0.05) is 26.0 Å². The molecule has 0 aromatic heterocycles. The molecule has 0 amide bonds. The molecule has 1 aromatic rings. The number of hydrogen-bond donors (Lipinski definition) is 1. The first kappa shape index (κ1) is 12.6. The lowest BCUT2D eigenvalue weighted by Gasteiger charge is -2.50. The zero-order chi connectivity index (χ0) is 12.5. The molecule has 17 heavy (non-hydrogen) atoms. The van der Waals surface area contributed by atoms with Crippen molar-refractivity contribution in [3.8, 4) is 0 Å². The summed E-state index contributed by atoms with van der Waals surface area (Å²) in [6.45, 7) is 5.50. The Morgan fingerprint density at radius 3 is 2.65 bits per heavy atom. The minimum Gasteiger partial charge on any atom is -0.319 e. The van der Waals surface area contributed by atoms with Gasteiger partial charge in [-0.05, 0) is 49.4 Å². The van der Waals surface area contributed by atoms with E-state index in [4.69, 9.17) is 0 Å². The molecule has 1 N–H and O–H groups in total. The first-order valence-electron chi connectivity index (χ1n) is 6.48. The second kappa shape index (κ2) is 4.77. The minimum atomic E-state index is -0.119. The highest BCUT2D eigenvalue weighted by Gasteiger charge is 2.45. The molecule has 0 atom stereocenters. The number of benzene rings is 1. The molecular weight excluding hydrogens is 213 g/mol. The lowest BCUT2D eigenvalue weighted by molar-refractivity contribution is 0.0993. The van der Waals surface area contributed by atoms with Crippen molar-refractivity contribution in [2.45, 2.75) is 32.1 Å². The topological polar surface area (TPSA) is 12.0 Å². The third-order valence-electron chi connectivity index (χ3n) is 4.20. The largest absolute Gasteiger partial charge is 0.319 e. The van der Waals surface area contributed by atoms with Crippen LogP contribution in [0.5, 0.6) is 0 Å². The summed E-state index contributed by atoms with van der Waals surface area (Å²) in [5, 5.41) is 3.27. The van der Waals surface area contributed by atoms with Gasteiger partial charge in [-0.25, -0.2) is 4.39 Å². The number of nitrogens with one attached hydrogen (secondary N) is 1. The van der Waals surface area contributed by atoms with Gasteiger partial charge in [-0.3, -0.25) is 0 Å². The van der Waals surface area contributed by atoms with E-state index in [1.165, 1.54) is 18.9 Å². The van der Waals surface area contributed by atoms with Crippen LogP contribution in [0.25, 0.3) is 0 Å². The Labute approximate surface area is 103 Å². The molecule has 2 rings (SSSR count). The second-order valence-corrected chi connectivity index (χ2v) is 5.73. The van der Waals surface area contributed by atoms with Crippen LogP contribution in [0.15, 0.2) is 24.3 Å². The Kier molecular flexibility index (Phi) is 3.53. The molecule has 0 unspecified atom stereocenters. The van der Waals surface area contributed by atoms with E-state index in [0.29, 0.717) is 0 Å². The molecule has 1 aliphatic carbocycles. The van der Waals surface area contributed by atoms with Crippen LogP contribution in [0, 0.1) is 17.7 Å². The number of likely N-dealkylation sites (N-methyl/N-ethyl adjacent to an activating group) is 1. The van der Waals surface area contributed by atoms with E-state index < -0.39 is 0 Å². The minimum absolute atomic E-state index is 0.119. The van der Waals surface area contributed by atoms with Crippen LogP contribution >= 0.6 is 0 Å². The second-order valence-electron chi connectivity index (χ2n) is 5.73. The molecule has 94 valence electrons. The van der Waals surface area contributed by atoms with Gasteiger partial charge in [0.1, 0.15) is 5.82 Å². The molecule has 1 aromatic carbocycles. The fraction of sp³-hybridized carbons (Fsp3) is 0.600. The molecule has 1 fully saturated rings. The highest BCUT2D eigenvalue weighted by Crippen LogP contribution is 2.50. The summed E-state index contributed by atoms with van der Waals surface area (Å²) in [6.07, 6.45) is 2.35. The smallest absolute Gasteiger partial charge is 0.123 e. The average molecular weight is 235 g/mol. The van der Waals surface area contributed by atoms with Gasteiger partial charge in [-0.15, -0.1) is 0 Å². The molecule has 1 aliphatic rings. The monoisotopic (exact) mass is 235 g/mol. The standard InChI is InChI=1S/C15H22FN/c1-11(2)12-8-15(9-12,10-17-3)13-5-4-6-14(16)7-13/h4-7,11-12,17H,8-10H2,1-3H3. The Balaban J connectivity index is 2.20. The number of halogens is 1. The first-order chi connectivity index (χ1) is 8.07. The van der Waals surface area contributed by atoms with Gasteiger partial charge in [0.25, 0.3) is 0 Å². The average Bonchev–Trinajstić information content (AvgIpc) is 2.22. The zero-order valence-corrected chi connectivity index (χ0v) is 11.0. The van der Waals surface area contributed by atoms with Gasteiger partial charge in [0, 0.05) is 12.0 Å². The molecule has 0 heterocycles. The van der Waals surface area contributed by atoms with E-state index in [9.17, 15) is 4.39 Å². The molecule has 0 spiro atoms. The van der Waals surface area contributed by atoms with Crippen LogP contribution < -0.4 is 5.32 Å². The predicted molar refractivity (Wildman–Crippen MR) is 69.6 cm³/mol. The fourth-order valence-corrected chi connectivity index (χ4v) is 3.05. The molecule has 1 nitrogen and oxygen atoms in total. The Hall–Kier alpha value is -0.890. The third-order valence-corrected chi connectivity index (χ3v) is 4.20. The van der Waals surface area contributed by atoms with Crippen LogP contribution in [-0.4, -0.2) is 13.6 Å². The van der Waals surface area contributed by atoms with E-state index in [2.05, 4.69) is 25.2 Å². The van der Waals surface area contributed by atoms with E-state index in [-0.39, 0.29) is 11.2 Å². The zero-order valence-electron chi connectivity index (χ0n) is 11.0. The van der Waals surface area contributed by atoms with Gasteiger partial charge in [0.05, 0.1) is 0 Å². The van der Waals surface area contributed by atoms with Gasteiger partial charge < -0.3 is 5.32 Å². The SMILES string of the molecule is CNCC1(c2cccc(F)c2)CC(C(C)C)C1. The van der Waals surface area contributed by atoms with Gasteiger partial charge in [0.2, 0.25) is 0 Å². The molecule has 0 bridgehead atoms. The van der Waals surface area contributed by atoms with Crippen molar-refractivity contribution in [1.29, 1.82) is 0 Å². The van der Waals surface area contributed by atoms with Crippen LogP contribution in [0.3, 0.4) is 0 Å². The molecule has 1 saturated carbocycles. The molecule has 0 saturated heterocycles. The van der Waals surface area contributed by atoms with Crippen molar-refractivity contribution in [3.63, 3.8) is 0 Å². The van der Waals surface area contributed by atoms with Crippen molar-refractivity contribution < 1.29 is 4.39 Å². The summed E-state index contributed by atoms with van der Waals surface area (Å²) >= 11 is 0. The number of hydrogen-bond acceptors (Lipinski definition) is 1. The summed E-state index contributed by atoms with van der Waals surface area (Å²) in [5.41, 5.74) is 1.31. The van der Waals surface area contributed by atoms with Gasteiger partial charge in [0.15, 0.2) is 0 Å². The van der Waals surface area contributed by atoms with Gasteiger partial charge >= 0.3 is 0 Å².